The molecule has 0 amide bonds. The molecule has 5 nitrogen and oxygen atoms in total. The fraction of sp³-hybridized carbons (Fsp3) is 0.273. The molecule has 86 valence electrons. The molecule has 0 unspecified atom stereocenters. The van der Waals surface area contributed by atoms with Crippen molar-refractivity contribution < 1.29 is 9.90 Å². The molecule has 0 aliphatic carbocycles. The zero-order valence-corrected chi connectivity index (χ0v) is 9.32. The molecule has 5 N–H and O–H groups in total. The highest BCUT2D eigenvalue weighted by molar-refractivity contribution is 5.92. The minimum Gasteiger partial charge on any atom is -0.478 e. The molecule has 1 aromatic rings. The number of hydrogen-bond donors (Lipinski definition) is 3. The lowest BCUT2D eigenvalue weighted by Gasteiger charge is -2.10. The highest BCUT2D eigenvalue weighted by Crippen LogP contribution is 2.27. The standard InChI is InChI=1S/C11H15N3O2/c1-3-7-8(10(15)16)5-4-6(2)9(7)14-11(12)13/h4-5H,3H2,1-2H3,(H,15,16)(H4,12,13,14). The molecule has 0 aromatic heterocycles. The first kappa shape index (κ1) is 12.0. The van der Waals surface area contributed by atoms with Gasteiger partial charge in [0.1, 0.15) is 0 Å². The second-order valence-corrected chi connectivity index (χ2v) is 3.45. The van der Waals surface area contributed by atoms with Gasteiger partial charge in [-0.15, -0.1) is 0 Å². The van der Waals surface area contributed by atoms with Crippen molar-refractivity contribution in [1.29, 1.82) is 0 Å². The van der Waals surface area contributed by atoms with Crippen LogP contribution in [0.2, 0.25) is 0 Å². The maximum absolute atomic E-state index is 11.0. The third-order valence-corrected chi connectivity index (χ3v) is 2.31. The van der Waals surface area contributed by atoms with Crippen molar-refractivity contribution in [2.45, 2.75) is 20.3 Å². The molecular weight excluding hydrogens is 206 g/mol. The van der Waals surface area contributed by atoms with E-state index in [-0.39, 0.29) is 11.5 Å². The number of nitrogens with two attached hydrogens (primary N) is 2. The summed E-state index contributed by atoms with van der Waals surface area (Å²) in [5, 5.41) is 9.04. The van der Waals surface area contributed by atoms with Crippen molar-refractivity contribution in [2.24, 2.45) is 16.5 Å². The van der Waals surface area contributed by atoms with Crippen LogP contribution in [0.4, 0.5) is 5.69 Å². The third-order valence-electron chi connectivity index (χ3n) is 2.31. The first-order valence-corrected chi connectivity index (χ1v) is 4.92. The number of hydrogen-bond acceptors (Lipinski definition) is 2. The van der Waals surface area contributed by atoms with Crippen LogP contribution >= 0.6 is 0 Å². The number of rotatable bonds is 3. The SMILES string of the molecule is CCc1c(C(=O)O)ccc(C)c1N=C(N)N. The summed E-state index contributed by atoms with van der Waals surface area (Å²) >= 11 is 0. The van der Waals surface area contributed by atoms with E-state index in [0.29, 0.717) is 17.7 Å². The number of aliphatic imine (C=N–C) groups is 1. The monoisotopic (exact) mass is 221 g/mol. The van der Waals surface area contributed by atoms with E-state index in [1.807, 2.05) is 13.8 Å². The number of guanidine groups is 1. The fourth-order valence-corrected chi connectivity index (χ4v) is 1.60. The maximum Gasteiger partial charge on any atom is 0.336 e. The topological polar surface area (TPSA) is 102 Å². The zero-order valence-electron chi connectivity index (χ0n) is 9.32. The summed E-state index contributed by atoms with van der Waals surface area (Å²) in [4.78, 5) is 15.0. The Kier molecular flexibility index (Phi) is 3.50. The molecule has 0 saturated carbocycles. The van der Waals surface area contributed by atoms with Gasteiger partial charge in [0.25, 0.3) is 0 Å². The maximum atomic E-state index is 11.0. The third kappa shape index (κ3) is 2.31. The molecule has 16 heavy (non-hydrogen) atoms. The lowest BCUT2D eigenvalue weighted by Crippen LogP contribution is -2.22. The molecule has 1 aromatic carbocycles. The van der Waals surface area contributed by atoms with Crippen molar-refractivity contribution in [3.63, 3.8) is 0 Å². The number of nitrogens with zero attached hydrogens (tertiary/aromatic N) is 1. The Labute approximate surface area is 93.8 Å². The average Bonchev–Trinajstić information content (AvgIpc) is 2.19. The van der Waals surface area contributed by atoms with Crippen LogP contribution in [-0.2, 0) is 6.42 Å². The molecule has 0 radical (unpaired) electrons. The van der Waals surface area contributed by atoms with E-state index in [9.17, 15) is 4.79 Å². The Hall–Kier alpha value is -2.04. The Morgan fingerprint density at radius 2 is 2.06 bits per heavy atom. The Morgan fingerprint density at radius 3 is 2.50 bits per heavy atom. The van der Waals surface area contributed by atoms with Crippen molar-refractivity contribution in [1.82, 2.24) is 0 Å². The number of aromatic carboxylic acids is 1. The summed E-state index contributed by atoms with van der Waals surface area (Å²) in [7, 11) is 0. The van der Waals surface area contributed by atoms with Crippen LogP contribution in [0.1, 0.15) is 28.4 Å². The van der Waals surface area contributed by atoms with Crippen LogP contribution in [0, 0.1) is 6.92 Å². The van der Waals surface area contributed by atoms with E-state index in [1.54, 1.807) is 12.1 Å². The average molecular weight is 221 g/mol. The molecule has 0 heterocycles. The van der Waals surface area contributed by atoms with E-state index in [4.69, 9.17) is 16.6 Å². The van der Waals surface area contributed by atoms with Gasteiger partial charge in [0, 0.05) is 0 Å². The van der Waals surface area contributed by atoms with Gasteiger partial charge < -0.3 is 16.6 Å². The molecular formula is C11H15N3O2. The van der Waals surface area contributed by atoms with Crippen molar-refractivity contribution in [3.8, 4) is 0 Å². The van der Waals surface area contributed by atoms with Gasteiger partial charge in [-0.3, -0.25) is 0 Å². The van der Waals surface area contributed by atoms with Crippen LogP contribution in [0.15, 0.2) is 17.1 Å². The Bertz CT molecular complexity index is 449. The lowest BCUT2D eigenvalue weighted by molar-refractivity contribution is 0.0696. The Balaban J connectivity index is 3.50. The first-order chi connectivity index (χ1) is 7.47. The normalized spacial score (nSPS) is 9.88. The first-order valence-electron chi connectivity index (χ1n) is 4.92. The van der Waals surface area contributed by atoms with E-state index in [2.05, 4.69) is 4.99 Å². The number of aryl methyl sites for hydroxylation is 1. The quantitative estimate of drug-likeness (QED) is 0.526. The molecule has 0 fully saturated rings. The summed E-state index contributed by atoms with van der Waals surface area (Å²) in [5.41, 5.74) is 13.0. The van der Waals surface area contributed by atoms with Crippen molar-refractivity contribution >= 4 is 17.6 Å². The highest BCUT2D eigenvalue weighted by Gasteiger charge is 2.14. The smallest absolute Gasteiger partial charge is 0.336 e. The number of carbonyl (C=O) groups is 1. The van der Waals surface area contributed by atoms with E-state index in [1.165, 1.54) is 0 Å². The van der Waals surface area contributed by atoms with Crippen LogP contribution in [0.25, 0.3) is 0 Å². The van der Waals surface area contributed by atoms with Crippen LogP contribution in [0.5, 0.6) is 0 Å². The molecule has 0 saturated heterocycles. The molecule has 0 aliphatic heterocycles. The van der Waals surface area contributed by atoms with E-state index >= 15 is 0 Å². The molecule has 0 atom stereocenters. The van der Waals surface area contributed by atoms with Crippen LogP contribution < -0.4 is 11.5 Å². The lowest BCUT2D eigenvalue weighted by atomic mass is 9.99. The number of carboxylic acid groups (broad SMARTS) is 1. The minimum absolute atomic E-state index is 0.0691. The van der Waals surface area contributed by atoms with Crippen LogP contribution in [-0.4, -0.2) is 17.0 Å². The predicted octanol–water partition coefficient (Wildman–Crippen LogP) is 1.16. The van der Waals surface area contributed by atoms with Crippen molar-refractivity contribution in [3.05, 3.63) is 28.8 Å². The van der Waals surface area contributed by atoms with Gasteiger partial charge in [-0.2, -0.15) is 0 Å². The van der Waals surface area contributed by atoms with E-state index < -0.39 is 5.97 Å². The van der Waals surface area contributed by atoms with Crippen LogP contribution in [0.3, 0.4) is 0 Å². The van der Waals surface area contributed by atoms with Gasteiger partial charge in [0.15, 0.2) is 5.96 Å². The summed E-state index contributed by atoms with van der Waals surface area (Å²) in [6, 6.07) is 3.27. The zero-order chi connectivity index (χ0) is 12.3. The molecule has 5 heteroatoms. The second kappa shape index (κ2) is 4.65. The van der Waals surface area contributed by atoms with Gasteiger partial charge in [0.05, 0.1) is 11.3 Å². The summed E-state index contributed by atoms with van der Waals surface area (Å²) in [6.45, 7) is 3.71. The van der Waals surface area contributed by atoms with Gasteiger partial charge in [-0.1, -0.05) is 13.0 Å². The summed E-state index contributed by atoms with van der Waals surface area (Å²) in [6.07, 6.45) is 0.565. The number of benzene rings is 1. The predicted molar refractivity (Wildman–Crippen MR) is 63.0 cm³/mol. The summed E-state index contributed by atoms with van der Waals surface area (Å²) < 4.78 is 0. The second-order valence-electron chi connectivity index (χ2n) is 3.45. The van der Waals surface area contributed by atoms with Gasteiger partial charge >= 0.3 is 5.97 Å². The number of carboxylic acids is 1. The Morgan fingerprint density at radius 1 is 1.44 bits per heavy atom. The van der Waals surface area contributed by atoms with Gasteiger partial charge in [-0.25, -0.2) is 9.79 Å². The van der Waals surface area contributed by atoms with Crippen molar-refractivity contribution in [2.75, 3.05) is 0 Å². The summed E-state index contributed by atoms with van der Waals surface area (Å²) in [5.74, 6) is -1.04. The minimum atomic E-state index is -0.969. The molecule has 0 aliphatic rings. The molecule has 0 bridgehead atoms. The highest BCUT2D eigenvalue weighted by atomic mass is 16.4. The van der Waals surface area contributed by atoms with Gasteiger partial charge in [-0.05, 0) is 30.5 Å². The van der Waals surface area contributed by atoms with E-state index in [0.717, 1.165) is 5.56 Å². The molecule has 0 spiro atoms. The van der Waals surface area contributed by atoms with Gasteiger partial charge in [0.2, 0.25) is 0 Å². The fourth-order valence-electron chi connectivity index (χ4n) is 1.60. The largest absolute Gasteiger partial charge is 0.478 e. The molecule has 1 rings (SSSR count).